The molecule has 0 saturated heterocycles. The van der Waals surface area contributed by atoms with E-state index in [1.54, 1.807) is 11.3 Å². The van der Waals surface area contributed by atoms with Crippen LogP contribution in [0.3, 0.4) is 0 Å². The van der Waals surface area contributed by atoms with Crippen LogP contribution in [0, 0.1) is 0 Å². The highest BCUT2D eigenvalue weighted by Gasteiger charge is 2.10. The maximum atomic E-state index is 10.6. The predicted molar refractivity (Wildman–Crippen MR) is 73.9 cm³/mol. The molecule has 0 aromatic carbocycles. The average Bonchev–Trinajstić information content (AvgIpc) is 2.78. The summed E-state index contributed by atoms with van der Waals surface area (Å²) in [5.41, 5.74) is 0. The zero-order chi connectivity index (χ0) is 13.8. The van der Waals surface area contributed by atoms with Gasteiger partial charge < -0.3 is 9.47 Å². The van der Waals surface area contributed by atoms with Crippen LogP contribution in [0.25, 0.3) is 10.2 Å². The normalized spacial score (nSPS) is 10.7. The first-order chi connectivity index (χ1) is 9.10. The summed E-state index contributed by atoms with van der Waals surface area (Å²) >= 11 is 7.65. The van der Waals surface area contributed by atoms with Crippen molar-refractivity contribution in [1.29, 1.82) is 0 Å². The van der Waals surface area contributed by atoms with Crippen molar-refractivity contribution in [2.75, 3.05) is 13.2 Å². The molecule has 0 spiro atoms. The molecular formula is C12H13ClN2O3S. The summed E-state index contributed by atoms with van der Waals surface area (Å²) in [6.45, 7) is 3.78. The monoisotopic (exact) mass is 300 g/mol. The Balaban J connectivity index is 2.09. The topological polar surface area (TPSA) is 61.3 Å². The highest BCUT2D eigenvalue weighted by Crippen LogP contribution is 2.30. The largest absolute Gasteiger partial charge is 0.462 e. The molecule has 0 saturated carbocycles. The standard InChI is InChI=1S/C12H13ClN2O3S/c1-3-8-6-9-10(13)14-12(15-11(9)19-8)18-5-4-17-7(2)16/h6H,3-5H2,1-2H3. The Kier molecular flexibility index (Phi) is 4.55. The number of thiophene rings is 1. The third-order valence-electron chi connectivity index (χ3n) is 2.35. The minimum absolute atomic E-state index is 0.166. The second-order valence-electron chi connectivity index (χ2n) is 3.77. The van der Waals surface area contributed by atoms with Crippen LogP contribution < -0.4 is 4.74 Å². The van der Waals surface area contributed by atoms with Crippen LogP contribution >= 0.6 is 22.9 Å². The van der Waals surface area contributed by atoms with Crippen molar-refractivity contribution < 1.29 is 14.3 Å². The van der Waals surface area contributed by atoms with Crippen molar-refractivity contribution in [2.24, 2.45) is 0 Å². The van der Waals surface area contributed by atoms with Gasteiger partial charge in [-0.15, -0.1) is 11.3 Å². The van der Waals surface area contributed by atoms with E-state index in [-0.39, 0.29) is 25.2 Å². The number of esters is 1. The van der Waals surface area contributed by atoms with E-state index in [0.29, 0.717) is 5.15 Å². The van der Waals surface area contributed by atoms with Crippen molar-refractivity contribution >= 4 is 39.1 Å². The fourth-order valence-corrected chi connectivity index (χ4v) is 2.71. The van der Waals surface area contributed by atoms with E-state index in [1.807, 2.05) is 6.07 Å². The summed E-state index contributed by atoms with van der Waals surface area (Å²) < 4.78 is 10.1. The van der Waals surface area contributed by atoms with E-state index < -0.39 is 0 Å². The van der Waals surface area contributed by atoms with Crippen molar-refractivity contribution in [3.63, 3.8) is 0 Å². The second kappa shape index (κ2) is 6.16. The minimum Gasteiger partial charge on any atom is -0.462 e. The summed E-state index contributed by atoms with van der Waals surface area (Å²) in [4.78, 5) is 20.9. The van der Waals surface area contributed by atoms with Gasteiger partial charge in [0.25, 0.3) is 0 Å². The number of hydrogen-bond acceptors (Lipinski definition) is 6. The Hall–Kier alpha value is -1.40. The van der Waals surface area contributed by atoms with Crippen LogP contribution in [-0.2, 0) is 16.0 Å². The van der Waals surface area contributed by atoms with E-state index in [2.05, 4.69) is 16.9 Å². The Morgan fingerprint density at radius 3 is 2.89 bits per heavy atom. The molecule has 0 bridgehead atoms. The molecule has 5 nitrogen and oxygen atoms in total. The van der Waals surface area contributed by atoms with Crippen LogP contribution in [0.2, 0.25) is 5.15 Å². The lowest BCUT2D eigenvalue weighted by Gasteiger charge is -2.04. The molecule has 2 rings (SSSR count). The zero-order valence-electron chi connectivity index (χ0n) is 10.6. The van der Waals surface area contributed by atoms with E-state index in [1.165, 1.54) is 11.8 Å². The van der Waals surface area contributed by atoms with Gasteiger partial charge in [-0.25, -0.2) is 0 Å². The molecule has 0 atom stereocenters. The van der Waals surface area contributed by atoms with E-state index in [4.69, 9.17) is 21.1 Å². The van der Waals surface area contributed by atoms with Crippen LogP contribution in [0.4, 0.5) is 0 Å². The smallest absolute Gasteiger partial charge is 0.319 e. The van der Waals surface area contributed by atoms with Gasteiger partial charge in [0.15, 0.2) is 0 Å². The molecule has 2 heterocycles. The first-order valence-corrected chi connectivity index (χ1v) is 7.01. The summed E-state index contributed by atoms with van der Waals surface area (Å²) in [7, 11) is 0. The Labute approximate surface area is 119 Å². The summed E-state index contributed by atoms with van der Waals surface area (Å²) in [5, 5.41) is 1.22. The SMILES string of the molecule is CCc1cc2c(Cl)nc(OCCOC(C)=O)nc2s1. The highest BCUT2D eigenvalue weighted by molar-refractivity contribution is 7.18. The number of carbonyl (C=O) groups is 1. The third-order valence-corrected chi connectivity index (χ3v) is 3.81. The molecule has 0 aliphatic carbocycles. The molecule has 0 aliphatic rings. The van der Waals surface area contributed by atoms with Crippen molar-refractivity contribution in [1.82, 2.24) is 9.97 Å². The average molecular weight is 301 g/mol. The number of aryl methyl sites for hydroxylation is 1. The van der Waals surface area contributed by atoms with Gasteiger partial charge in [-0.3, -0.25) is 4.79 Å². The molecule has 19 heavy (non-hydrogen) atoms. The Bertz CT molecular complexity index is 600. The molecule has 0 unspecified atom stereocenters. The molecule has 0 N–H and O–H groups in total. The third kappa shape index (κ3) is 3.54. The Morgan fingerprint density at radius 2 is 2.21 bits per heavy atom. The van der Waals surface area contributed by atoms with Gasteiger partial charge in [-0.05, 0) is 12.5 Å². The molecule has 2 aromatic heterocycles. The quantitative estimate of drug-likeness (QED) is 0.483. The summed E-state index contributed by atoms with van der Waals surface area (Å²) in [5.74, 6) is -0.344. The van der Waals surface area contributed by atoms with Crippen molar-refractivity contribution in [3.05, 3.63) is 16.1 Å². The lowest BCUT2D eigenvalue weighted by Crippen LogP contribution is -2.10. The summed E-state index contributed by atoms with van der Waals surface area (Å²) in [6.07, 6.45) is 0.931. The molecule has 0 aliphatic heterocycles. The minimum atomic E-state index is -0.344. The van der Waals surface area contributed by atoms with Crippen molar-refractivity contribution in [2.45, 2.75) is 20.3 Å². The van der Waals surface area contributed by atoms with Gasteiger partial charge in [0.1, 0.15) is 23.2 Å². The van der Waals surface area contributed by atoms with Gasteiger partial charge in [0.05, 0.1) is 0 Å². The first kappa shape index (κ1) is 14.0. The van der Waals surface area contributed by atoms with Gasteiger partial charge >= 0.3 is 12.0 Å². The van der Waals surface area contributed by atoms with E-state index in [9.17, 15) is 4.79 Å². The fraction of sp³-hybridized carbons (Fsp3) is 0.417. The predicted octanol–water partition coefficient (Wildman–Crippen LogP) is 2.85. The first-order valence-electron chi connectivity index (χ1n) is 5.82. The lowest BCUT2D eigenvalue weighted by molar-refractivity contribution is -0.141. The van der Waals surface area contributed by atoms with Crippen molar-refractivity contribution in [3.8, 4) is 6.01 Å². The number of aromatic nitrogens is 2. The van der Waals surface area contributed by atoms with Gasteiger partial charge in [-0.2, -0.15) is 9.97 Å². The van der Waals surface area contributed by atoms with Crippen LogP contribution in [-0.4, -0.2) is 29.2 Å². The number of ether oxygens (including phenoxy) is 2. The molecule has 7 heteroatoms. The number of hydrogen-bond donors (Lipinski definition) is 0. The highest BCUT2D eigenvalue weighted by atomic mass is 35.5. The zero-order valence-corrected chi connectivity index (χ0v) is 12.2. The number of rotatable bonds is 5. The molecule has 102 valence electrons. The second-order valence-corrected chi connectivity index (χ2v) is 5.24. The number of fused-ring (bicyclic) bond motifs is 1. The van der Waals surface area contributed by atoms with Gasteiger partial charge in [-0.1, -0.05) is 18.5 Å². The maximum absolute atomic E-state index is 10.6. The molecular weight excluding hydrogens is 288 g/mol. The van der Waals surface area contributed by atoms with Gasteiger partial charge in [0.2, 0.25) is 0 Å². The molecule has 0 fully saturated rings. The maximum Gasteiger partial charge on any atom is 0.319 e. The van der Waals surface area contributed by atoms with E-state index >= 15 is 0 Å². The lowest BCUT2D eigenvalue weighted by atomic mass is 10.3. The van der Waals surface area contributed by atoms with Crippen LogP contribution in [0.15, 0.2) is 6.07 Å². The number of carbonyl (C=O) groups excluding carboxylic acids is 1. The molecule has 2 aromatic rings. The van der Waals surface area contributed by atoms with Gasteiger partial charge in [0, 0.05) is 17.2 Å². The summed E-state index contributed by atoms with van der Waals surface area (Å²) in [6, 6.07) is 2.19. The number of nitrogens with zero attached hydrogens (tertiary/aromatic N) is 2. The Morgan fingerprint density at radius 1 is 1.42 bits per heavy atom. The molecule has 0 radical (unpaired) electrons. The number of halogens is 1. The van der Waals surface area contributed by atoms with E-state index in [0.717, 1.165) is 16.6 Å². The van der Waals surface area contributed by atoms with Crippen LogP contribution in [0.5, 0.6) is 6.01 Å². The van der Waals surface area contributed by atoms with Crippen LogP contribution in [0.1, 0.15) is 18.7 Å². The fourth-order valence-electron chi connectivity index (χ4n) is 1.48. The molecule has 0 amide bonds.